The number of ketones is 1. The van der Waals surface area contributed by atoms with E-state index < -0.39 is 12.2 Å². The number of hydrogen-bond acceptors (Lipinski definition) is 5. The van der Waals surface area contributed by atoms with E-state index in [2.05, 4.69) is 5.32 Å². The number of aliphatic hydroxyl groups excluding tert-OH is 2. The number of unbranched alkanes of at least 4 members (excludes halogenated alkanes) is 3. The van der Waals surface area contributed by atoms with Crippen molar-refractivity contribution in [3.8, 4) is 5.75 Å². The van der Waals surface area contributed by atoms with Crippen molar-refractivity contribution < 1.29 is 24.5 Å². The van der Waals surface area contributed by atoms with Crippen LogP contribution in [0.2, 0.25) is 0 Å². The SMILES string of the molecule is O=C(CCCCCCC1C(O)CC(=O)C1CCC(O)COc1ccccc1)NC1CC1. The van der Waals surface area contributed by atoms with Crippen molar-refractivity contribution >= 4 is 11.7 Å². The molecule has 3 rings (SSSR count). The van der Waals surface area contributed by atoms with Gasteiger partial charge < -0.3 is 20.3 Å². The van der Waals surface area contributed by atoms with E-state index in [4.69, 9.17) is 4.74 Å². The van der Waals surface area contributed by atoms with Gasteiger partial charge in [0.25, 0.3) is 0 Å². The highest BCUT2D eigenvalue weighted by atomic mass is 16.5. The Hall–Kier alpha value is -1.92. The minimum Gasteiger partial charge on any atom is -0.491 e. The average molecular weight is 432 g/mol. The Labute approximate surface area is 185 Å². The first-order chi connectivity index (χ1) is 15.0. The zero-order valence-corrected chi connectivity index (χ0v) is 18.4. The van der Waals surface area contributed by atoms with Crippen LogP contribution < -0.4 is 10.1 Å². The highest BCUT2D eigenvalue weighted by Gasteiger charge is 2.40. The molecule has 0 radical (unpaired) electrons. The summed E-state index contributed by atoms with van der Waals surface area (Å²) in [6.07, 6.45) is 7.60. The van der Waals surface area contributed by atoms with Crippen molar-refractivity contribution in [3.05, 3.63) is 30.3 Å². The van der Waals surface area contributed by atoms with Gasteiger partial charge in [0.2, 0.25) is 5.91 Å². The van der Waals surface area contributed by atoms with Crippen LogP contribution in [0.15, 0.2) is 30.3 Å². The van der Waals surface area contributed by atoms with Crippen molar-refractivity contribution in [2.24, 2.45) is 11.8 Å². The molecule has 172 valence electrons. The molecule has 2 saturated carbocycles. The molecule has 0 saturated heterocycles. The number of hydrogen-bond donors (Lipinski definition) is 3. The van der Waals surface area contributed by atoms with E-state index in [0.717, 1.165) is 50.7 Å². The van der Waals surface area contributed by atoms with E-state index >= 15 is 0 Å². The van der Waals surface area contributed by atoms with Crippen LogP contribution in [-0.2, 0) is 9.59 Å². The van der Waals surface area contributed by atoms with E-state index in [1.807, 2.05) is 30.3 Å². The molecule has 0 aliphatic heterocycles. The first-order valence-corrected chi connectivity index (χ1v) is 11.9. The Balaban J connectivity index is 1.31. The highest BCUT2D eigenvalue weighted by Crippen LogP contribution is 2.36. The molecule has 0 spiro atoms. The molecule has 1 aromatic carbocycles. The van der Waals surface area contributed by atoms with E-state index in [-0.39, 0.29) is 36.6 Å². The molecular formula is C25H37NO5. The number of benzene rings is 1. The lowest BCUT2D eigenvalue weighted by Gasteiger charge is -2.22. The van der Waals surface area contributed by atoms with Crippen LogP contribution in [0.1, 0.15) is 70.6 Å². The fraction of sp³-hybridized carbons (Fsp3) is 0.680. The van der Waals surface area contributed by atoms with Crippen molar-refractivity contribution in [3.63, 3.8) is 0 Å². The first kappa shape index (κ1) is 23.7. The number of rotatable bonds is 14. The van der Waals surface area contributed by atoms with Gasteiger partial charge in [-0.3, -0.25) is 9.59 Å². The van der Waals surface area contributed by atoms with Gasteiger partial charge in [0.15, 0.2) is 0 Å². The topological polar surface area (TPSA) is 95.9 Å². The van der Waals surface area contributed by atoms with Gasteiger partial charge in [-0.2, -0.15) is 0 Å². The summed E-state index contributed by atoms with van der Waals surface area (Å²) in [6, 6.07) is 9.79. The van der Waals surface area contributed by atoms with Crippen LogP contribution >= 0.6 is 0 Å². The van der Waals surface area contributed by atoms with Crippen LogP contribution in [-0.4, -0.2) is 46.8 Å². The normalized spacial score (nSPS) is 24.2. The minimum atomic E-state index is -0.631. The summed E-state index contributed by atoms with van der Waals surface area (Å²) in [7, 11) is 0. The smallest absolute Gasteiger partial charge is 0.220 e. The van der Waals surface area contributed by atoms with Gasteiger partial charge in [-0.05, 0) is 56.6 Å². The number of para-hydroxylation sites is 1. The van der Waals surface area contributed by atoms with Crippen molar-refractivity contribution in [1.29, 1.82) is 0 Å². The van der Waals surface area contributed by atoms with Crippen LogP contribution in [0.5, 0.6) is 5.75 Å². The van der Waals surface area contributed by atoms with E-state index in [1.165, 1.54) is 0 Å². The third-order valence-corrected chi connectivity index (χ3v) is 6.47. The molecule has 4 atom stereocenters. The largest absolute Gasteiger partial charge is 0.491 e. The quantitative estimate of drug-likeness (QED) is 0.393. The average Bonchev–Trinajstić information content (AvgIpc) is 3.52. The molecule has 2 aliphatic rings. The second kappa shape index (κ2) is 12.2. The summed E-state index contributed by atoms with van der Waals surface area (Å²) >= 11 is 0. The Kier molecular flexibility index (Phi) is 9.34. The summed E-state index contributed by atoms with van der Waals surface area (Å²) in [6.45, 7) is 0.201. The maximum Gasteiger partial charge on any atom is 0.220 e. The number of ether oxygens (including phenoxy) is 1. The monoisotopic (exact) mass is 431 g/mol. The summed E-state index contributed by atoms with van der Waals surface area (Å²) < 4.78 is 5.59. The van der Waals surface area contributed by atoms with Crippen LogP contribution in [0.3, 0.4) is 0 Å². The van der Waals surface area contributed by atoms with Gasteiger partial charge in [0, 0.05) is 24.8 Å². The molecule has 0 bridgehead atoms. The van der Waals surface area contributed by atoms with Crippen LogP contribution in [0.25, 0.3) is 0 Å². The van der Waals surface area contributed by atoms with E-state index in [9.17, 15) is 19.8 Å². The third kappa shape index (κ3) is 8.26. The van der Waals surface area contributed by atoms with Gasteiger partial charge in [-0.15, -0.1) is 0 Å². The van der Waals surface area contributed by atoms with Gasteiger partial charge in [-0.25, -0.2) is 0 Å². The summed E-state index contributed by atoms with van der Waals surface area (Å²) in [4.78, 5) is 24.1. The number of carbonyl (C=O) groups is 2. The number of nitrogens with one attached hydrogen (secondary N) is 1. The second-order valence-corrected chi connectivity index (χ2v) is 9.16. The molecule has 0 heterocycles. The maximum absolute atomic E-state index is 12.4. The van der Waals surface area contributed by atoms with Crippen LogP contribution in [0, 0.1) is 11.8 Å². The fourth-order valence-corrected chi connectivity index (χ4v) is 4.50. The van der Waals surface area contributed by atoms with Gasteiger partial charge >= 0.3 is 0 Å². The lowest BCUT2D eigenvalue weighted by Crippen LogP contribution is -2.25. The Morgan fingerprint density at radius 1 is 1.10 bits per heavy atom. The lowest BCUT2D eigenvalue weighted by molar-refractivity contribution is -0.122. The molecule has 31 heavy (non-hydrogen) atoms. The number of Topliss-reactive ketones (excluding diaryl/α,β-unsaturated/α-hetero) is 1. The zero-order chi connectivity index (χ0) is 22.1. The zero-order valence-electron chi connectivity index (χ0n) is 18.4. The molecule has 6 nitrogen and oxygen atoms in total. The molecule has 3 N–H and O–H groups in total. The molecule has 1 aromatic rings. The van der Waals surface area contributed by atoms with Gasteiger partial charge in [0.05, 0.1) is 12.2 Å². The molecule has 2 fully saturated rings. The number of aliphatic hydroxyl groups is 2. The molecule has 6 heteroatoms. The minimum absolute atomic E-state index is 0.0205. The van der Waals surface area contributed by atoms with Gasteiger partial charge in [-0.1, -0.05) is 37.5 Å². The predicted octanol–water partition coefficient (Wildman–Crippen LogP) is 3.39. The van der Waals surface area contributed by atoms with Gasteiger partial charge in [0.1, 0.15) is 18.1 Å². The fourth-order valence-electron chi connectivity index (χ4n) is 4.50. The van der Waals surface area contributed by atoms with E-state index in [1.54, 1.807) is 0 Å². The number of amides is 1. The second-order valence-electron chi connectivity index (χ2n) is 9.16. The Morgan fingerprint density at radius 3 is 2.58 bits per heavy atom. The molecule has 0 aromatic heterocycles. The maximum atomic E-state index is 12.4. The van der Waals surface area contributed by atoms with Crippen molar-refractivity contribution in [2.75, 3.05) is 6.61 Å². The summed E-state index contributed by atoms with van der Waals surface area (Å²) in [5.41, 5.74) is 0. The summed E-state index contributed by atoms with van der Waals surface area (Å²) in [5.74, 6) is 0.801. The number of carbonyl (C=O) groups excluding carboxylic acids is 2. The van der Waals surface area contributed by atoms with Crippen LogP contribution in [0.4, 0.5) is 0 Å². The lowest BCUT2D eigenvalue weighted by atomic mass is 9.85. The highest BCUT2D eigenvalue weighted by molar-refractivity contribution is 5.84. The molecule has 1 amide bonds. The molecular weight excluding hydrogens is 394 g/mol. The van der Waals surface area contributed by atoms with Crippen molar-refractivity contribution in [2.45, 2.75) is 88.9 Å². The molecule has 2 aliphatic carbocycles. The summed E-state index contributed by atoms with van der Waals surface area (Å²) in [5, 5.41) is 23.6. The predicted molar refractivity (Wildman–Crippen MR) is 119 cm³/mol. The Bertz CT molecular complexity index is 690. The Morgan fingerprint density at radius 2 is 1.84 bits per heavy atom. The van der Waals surface area contributed by atoms with Crippen molar-refractivity contribution in [1.82, 2.24) is 5.32 Å². The van der Waals surface area contributed by atoms with E-state index in [0.29, 0.717) is 25.3 Å². The third-order valence-electron chi connectivity index (χ3n) is 6.47. The molecule has 4 unspecified atom stereocenters. The first-order valence-electron chi connectivity index (χ1n) is 11.9. The standard InChI is InChI=1S/C25H37NO5/c27-19(17-31-20-8-4-3-5-9-20)14-15-22-21(23(28)16-24(22)29)10-6-1-2-7-11-25(30)26-18-12-13-18/h3-5,8-9,18-19,21-23,27-28H,1-2,6-7,10-17H2,(H,26,30).